The van der Waals surface area contributed by atoms with E-state index in [4.69, 9.17) is 26.1 Å². The Hall–Kier alpha value is -1.44. The monoisotopic (exact) mass is 421 g/mol. The summed E-state index contributed by atoms with van der Waals surface area (Å²) in [5.74, 6) is 0. The summed E-state index contributed by atoms with van der Waals surface area (Å²) in [6.45, 7) is 8.54. The van der Waals surface area contributed by atoms with Gasteiger partial charge in [-0.3, -0.25) is 10.3 Å². The van der Waals surface area contributed by atoms with Gasteiger partial charge in [0.25, 0.3) is 0 Å². The molecule has 0 spiro atoms. The largest absolute Gasteiger partial charge is 0.359 e. The molecule has 5 nitrogen and oxygen atoms in total. The van der Waals surface area contributed by atoms with Gasteiger partial charge < -0.3 is 14.8 Å². The first-order valence-electron chi connectivity index (χ1n) is 9.81. The highest BCUT2D eigenvalue weighted by molar-refractivity contribution is 7.16. The number of aliphatic imine (C=N–C) groups is 1. The Bertz CT molecular complexity index is 803. The third-order valence-electron chi connectivity index (χ3n) is 4.49. The molecule has 0 saturated heterocycles. The van der Waals surface area contributed by atoms with Gasteiger partial charge in [-0.25, -0.2) is 0 Å². The van der Waals surface area contributed by atoms with E-state index in [1.165, 1.54) is 4.88 Å². The Morgan fingerprint density at radius 1 is 1.21 bits per heavy atom. The number of nitrogens with one attached hydrogen (secondary N) is 2. The Balaban J connectivity index is 1.84. The lowest BCUT2D eigenvalue weighted by molar-refractivity contribution is -0.133. The van der Waals surface area contributed by atoms with Crippen molar-refractivity contribution in [1.29, 1.82) is 0 Å². The molecule has 0 radical (unpaired) electrons. The van der Waals surface area contributed by atoms with Crippen LogP contribution in [0.4, 0.5) is 5.00 Å². The lowest BCUT2D eigenvalue weighted by Gasteiger charge is -2.22. The van der Waals surface area contributed by atoms with Gasteiger partial charge in [-0.05, 0) is 32.4 Å². The number of hydrogen-bond acceptors (Lipinski definition) is 6. The molecule has 152 valence electrons. The number of rotatable bonds is 9. The van der Waals surface area contributed by atoms with Gasteiger partial charge in [0.05, 0.1) is 23.4 Å². The zero-order valence-electron chi connectivity index (χ0n) is 16.6. The predicted octanol–water partition coefficient (Wildman–Crippen LogP) is 4.54. The normalized spacial score (nSPS) is 16.5. The zero-order valence-corrected chi connectivity index (χ0v) is 18.2. The number of halogens is 1. The molecule has 2 heterocycles. The number of benzene rings is 1. The van der Waals surface area contributed by atoms with Crippen molar-refractivity contribution in [1.82, 2.24) is 5.32 Å². The van der Waals surface area contributed by atoms with Gasteiger partial charge >= 0.3 is 0 Å². The second kappa shape index (κ2) is 10.4. The van der Waals surface area contributed by atoms with Crippen LogP contribution in [0, 0.1) is 0 Å². The van der Waals surface area contributed by atoms with Crippen molar-refractivity contribution in [2.24, 2.45) is 4.99 Å². The average Bonchev–Trinajstić information content (AvgIpc) is 3.02. The summed E-state index contributed by atoms with van der Waals surface area (Å²) in [7, 11) is 0. The SMILES string of the molecule is CCOC(CNC1CN=C(c2ccccc2Cl)c2cc(CC)sc2N1)OCC. The lowest BCUT2D eigenvalue weighted by atomic mass is 10.0. The summed E-state index contributed by atoms with van der Waals surface area (Å²) in [4.78, 5) is 6.25. The highest BCUT2D eigenvalue weighted by Crippen LogP contribution is 2.34. The van der Waals surface area contributed by atoms with Crippen LogP contribution in [0.25, 0.3) is 0 Å². The minimum atomic E-state index is -0.263. The average molecular weight is 422 g/mol. The number of fused-ring (bicyclic) bond motifs is 1. The molecule has 1 atom stereocenters. The van der Waals surface area contributed by atoms with Crippen LogP contribution in [0.2, 0.25) is 5.02 Å². The molecule has 0 fully saturated rings. The third kappa shape index (κ3) is 5.13. The number of anilines is 1. The smallest absolute Gasteiger partial charge is 0.169 e. The summed E-state index contributed by atoms with van der Waals surface area (Å²) in [5.41, 5.74) is 3.03. The maximum absolute atomic E-state index is 6.48. The van der Waals surface area contributed by atoms with Gasteiger partial charge in [-0.1, -0.05) is 36.7 Å². The first kappa shape index (κ1) is 21.3. The summed E-state index contributed by atoms with van der Waals surface area (Å²) in [6, 6.07) is 10.1. The highest BCUT2D eigenvalue weighted by atomic mass is 35.5. The van der Waals surface area contributed by atoms with E-state index in [0.717, 1.165) is 33.3 Å². The molecule has 1 aromatic heterocycles. The Morgan fingerprint density at radius 2 is 1.96 bits per heavy atom. The fourth-order valence-electron chi connectivity index (χ4n) is 3.15. The first-order valence-corrected chi connectivity index (χ1v) is 11.0. The lowest BCUT2D eigenvalue weighted by Crippen LogP contribution is -2.43. The molecule has 0 saturated carbocycles. The van der Waals surface area contributed by atoms with Crippen molar-refractivity contribution in [3.63, 3.8) is 0 Å². The van der Waals surface area contributed by atoms with Crippen molar-refractivity contribution in [3.8, 4) is 0 Å². The van der Waals surface area contributed by atoms with Gasteiger partial charge in [0, 0.05) is 40.8 Å². The van der Waals surface area contributed by atoms with Crippen molar-refractivity contribution in [2.45, 2.75) is 39.6 Å². The topological polar surface area (TPSA) is 54.9 Å². The van der Waals surface area contributed by atoms with Crippen molar-refractivity contribution >= 4 is 33.7 Å². The molecule has 1 aliphatic rings. The molecule has 2 aromatic rings. The van der Waals surface area contributed by atoms with E-state index in [1.54, 1.807) is 11.3 Å². The van der Waals surface area contributed by atoms with Gasteiger partial charge in [0.2, 0.25) is 0 Å². The number of nitrogens with zero attached hydrogens (tertiary/aromatic N) is 1. The zero-order chi connectivity index (χ0) is 19.9. The van der Waals surface area contributed by atoms with Crippen LogP contribution in [-0.4, -0.2) is 44.5 Å². The third-order valence-corrected chi connectivity index (χ3v) is 6.03. The van der Waals surface area contributed by atoms with Crippen LogP contribution in [-0.2, 0) is 15.9 Å². The molecule has 7 heteroatoms. The Morgan fingerprint density at radius 3 is 2.64 bits per heavy atom. The summed E-state index contributed by atoms with van der Waals surface area (Å²) in [5, 5.41) is 8.94. The molecule has 3 rings (SSSR count). The Labute approximate surface area is 176 Å². The number of ether oxygens (including phenoxy) is 2. The Kier molecular flexibility index (Phi) is 7.88. The molecule has 0 amide bonds. The van der Waals surface area contributed by atoms with Crippen molar-refractivity contribution in [2.75, 3.05) is 31.6 Å². The van der Waals surface area contributed by atoms with E-state index in [0.29, 0.717) is 26.3 Å². The minimum absolute atomic E-state index is 0.00879. The van der Waals surface area contributed by atoms with Gasteiger partial charge in [-0.15, -0.1) is 11.3 Å². The highest BCUT2D eigenvalue weighted by Gasteiger charge is 2.23. The molecule has 0 aliphatic carbocycles. The van der Waals surface area contributed by atoms with E-state index < -0.39 is 0 Å². The maximum Gasteiger partial charge on any atom is 0.169 e. The van der Waals surface area contributed by atoms with Crippen LogP contribution >= 0.6 is 22.9 Å². The molecule has 0 bridgehead atoms. The summed E-state index contributed by atoms with van der Waals surface area (Å²) in [6.07, 6.45) is 0.718. The van der Waals surface area contributed by atoms with E-state index in [-0.39, 0.29) is 12.5 Å². The summed E-state index contributed by atoms with van der Waals surface area (Å²) >= 11 is 8.25. The van der Waals surface area contributed by atoms with E-state index in [9.17, 15) is 0 Å². The molecule has 1 aliphatic heterocycles. The van der Waals surface area contributed by atoms with Gasteiger partial charge in [-0.2, -0.15) is 0 Å². The van der Waals surface area contributed by atoms with Crippen LogP contribution in [0.1, 0.15) is 36.8 Å². The van der Waals surface area contributed by atoms with Crippen LogP contribution < -0.4 is 10.6 Å². The number of aryl methyl sites for hydroxylation is 1. The molecule has 1 aromatic carbocycles. The molecular formula is C21H28ClN3O2S. The van der Waals surface area contributed by atoms with Crippen LogP contribution in [0.5, 0.6) is 0 Å². The van der Waals surface area contributed by atoms with Crippen LogP contribution in [0.15, 0.2) is 35.3 Å². The first-order chi connectivity index (χ1) is 13.7. The van der Waals surface area contributed by atoms with E-state index >= 15 is 0 Å². The second-order valence-electron chi connectivity index (χ2n) is 6.42. The van der Waals surface area contributed by atoms with Crippen LogP contribution in [0.3, 0.4) is 0 Å². The minimum Gasteiger partial charge on any atom is -0.359 e. The number of thiophene rings is 1. The molecule has 2 N–H and O–H groups in total. The van der Waals surface area contributed by atoms with Gasteiger partial charge in [0.15, 0.2) is 6.29 Å². The molecular weight excluding hydrogens is 394 g/mol. The number of hydrogen-bond donors (Lipinski definition) is 2. The van der Waals surface area contributed by atoms with Crippen molar-refractivity contribution < 1.29 is 9.47 Å². The predicted molar refractivity (Wildman–Crippen MR) is 118 cm³/mol. The van der Waals surface area contributed by atoms with Crippen molar-refractivity contribution in [3.05, 3.63) is 51.4 Å². The molecule has 1 unspecified atom stereocenters. The van der Waals surface area contributed by atoms with E-state index in [2.05, 4.69) is 23.6 Å². The standard InChI is InChI=1S/C21H28ClN3O2S/c1-4-14-11-16-20(15-9-7-8-10-17(15)22)24-12-18(25-21(16)28-14)23-13-19(26-5-2)27-6-3/h7-11,18-19,23,25H,4-6,12-13H2,1-3H3. The second-order valence-corrected chi connectivity index (χ2v) is 7.97. The fourth-order valence-corrected chi connectivity index (χ4v) is 4.42. The summed E-state index contributed by atoms with van der Waals surface area (Å²) < 4.78 is 11.3. The van der Waals surface area contributed by atoms with Gasteiger partial charge in [0.1, 0.15) is 0 Å². The quantitative estimate of drug-likeness (QED) is 0.583. The fraction of sp³-hybridized carbons (Fsp3) is 0.476. The maximum atomic E-state index is 6.48. The molecule has 28 heavy (non-hydrogen) atoms. The van der Waals surface area contributed by atoms with E-state index in [1.807, 2.05) is 38.1 Å².